The number of aromatic nitrogens is 3. The zero-order valence-electron chi connectivity index (χ0n) is 17.6. The van der Waals surface area contributed by atoms with E-state index >= 15 is 0 Å². The van der Waals surface area contributed by atoms with Crippen LogP contribution in [0.1, 0.15) is 52.0 Å². The van der Waals surface area contributed by atoms with Crippen LogP contribution < -0.4 is 15.8 Å². The van der Waals surface area contributed by atoms with E-state index in [9.17, 15) is 9.59 Å². The number of urea groups is 1. The van der Waals surface area contributed by atoms with E-state index in [0.717, 1.165) is 42.8 Å². The molecule has 1 heterocycles. The maximum atomic E-state index is 12.5. The molecule has 162 valence electrons. The number of carbonyl (C=O) groups excluding carboxylic acids is 2. The highest BCUT2D eigenvalue weighted by Crippen LogP contribution is 2.38. The Kier molecular flexibility index (Phi) is 7.36. The van der Waals surface area contributed by atoms with E-state index in [1.807, 2.05) is 38.1 Å². The number of benzene rings is 1. The van der Waals surface area contributed by atoms with Gasteiger partial charge in [-0.1, -0.05) is 44.9 Å². The molecule has 1 aromatic heterocycles. The highest BCUT2D eigenvalue weighted by Gasteiger charge is 2.30. The van der Waals surface area contributed by atoms with E-state index in [2.05, 4.69) is 20.1 Å². The lowest BCUT2D eigenvalue weighted by molar-refractivity contribution is -0.120. The number of amides is 3. The van der Waals surface area contributed by atoms with Crippen molar-refractivity contribution >= 4 is 23.7 Å². The average molecular weight is 432 g/mol. The molecule has 30 heavy (non-hydrogen) atoms. The number of primary amides is 1. The number of hydrogen-bond acceptors (Lipinski definition) is 6. The van der Waals surface area contributed by atoms with Gasteiger partial charge in [-0.3, -0.25) is 14.7 Å². The van der Waals surface area contributed by atoms with Crippen molar-refractivity contribution in [1.29, 1.82) is 0 Å². The monoisotopic (exact) mass is 431 g/mol. The molecule has 0 radical (unpaired) electrons. The summed E-state index contributed by atoms with van der Waals surface area (Å²) in [5.74, 6) is 1.13. The number of carbonyl (C=O) groups is 2. The molecule has 1 fully saturated rings. The number of ether oxygens (including phenoxy) is 1. The van der Waals surface area contributed by atoms with Crippen molar-refractivity contribution in [2.75, 3.05) is 7.11 Å². The number of hydrogen-bond donors (Lipinski definition) is 2. The number of nitrogens with two attached hydrogens (primary N) is 1. The van der Waals surface area contributed by atoms with Crippen molar-refractivity contribution in [1.82, 2.24) is 20.1 Å². The second-order valence-corrected chi connectivity index (χ2v) is 8.94. The van der Waals surface area contributed by atoms with Crippen LogP contribution in [0.4, 0.5) is 4.79 Å². The smallest absolute Gasteiger partial charge is 0.318 e. The van der Waals surface area contributed by atoms with Crippen LogP contribution in [0, 0.1) is 5.92 Å². The highest BCUT2D eigenvalue weighted by molar-refractivity contribution is 8.00. The van der Waals surface area contributed by atoms with Gasteiger partial charge in [-0.2, -0.15) is 0 Å². The molecule has 0 bridgehead atoms. The summed E-state index contributed by atoms with van der Waals surface area (Å²) in [4.78, 5) is 23.7. The molecular formula is C21H29N5O3S. The summed E-state index contributed by atoms with van der Waals surface area (Å²) in [6.07, 6.45) is 5.65. The summed E-state index contributed by atoms with van der Waals surface area (Å²) >= 11 is 1.34. The van der Waals surface area contributed by atoms with Crippen molar-refractivity contribution in [3.05, 3.63) is 24.3 Å². The SMILES string of the molecule is COc1ccc(-c2nnc(SC(C(=O)NC(N)=O)C(C)C)n2C2CCCCC2)cc1. The molecule has 1 aliphatic carbocycles. The summed E-state index contributed by atoms with van der Waals surface area (Å²) in [5, 5.41) is 11.3. The molecule has 0 spiro atoms. The number of imide groups is 1. The van der Waals surface area contributed by atoms with Crippen molar-refractivity contribution in [3.63, 3.8) is 0 Å². The minimum atomic E-state index is -0.848. The zero-order valence-corrected chi connectivity index (χ0v) is 18.4. The van der Waals surface area contributed by atoms with Gasteiger partial charge in [0, 0.05) is 11.6 Å². The van der Waals surface area contributed by atoms with E-state index in [1.165, 1.54) is 18.2 Å². The van der Waals surface area contributed by atoms with Crippen LogP contribution in [0.5, 0.6) is 5.75 Å². The van der Waals surface area contributed by atoms with E-state index in [-0.39, 0.29) is 12.0 Å². The number of rotatable bonds is 7. The fraction of sp³-hybridized carbons (Fsp3) is 0.524. The van der Waals surface area contributed by atoms with Crippen molar-refractivity contribution in [3.8, 4) is 17.1 Å². The van der Waals surface area contributed by atoms with Crippen LogP contribution in [-0.4, -0.2) is 39.1 Å². The molecule has 0 aliphatic heterocycles. The maximum absolute atomic E-state index is 12.5. The minimum Gasteiger partial charge on any atom is -0.497 e. The Morgan fingerprint density at radius 3 is 2.40 bits per heavy atom. The average Bonchev–Trinajstić information content (AvgIpc) is 3.15. The van der Waals surface area contributed by atoms with Gasteiger partial charge < -0.3 is 10.5 Å². The Labute approximate surface area is 181 Å². The lowest BCUT2D eigenvalue weighted by Gasteiger charge is -2.27. The van der Waals surface area contributed by atoms with Gasteiger partial charge in [0.05, 0.1) is 12.4 Å². The number of nitrogens with zero attached hydrogens (tertiary/aromatic N) is 3. The van der Waals surface area contributed by atoms with Gasteiger partial charge in [0.2, 0.25) is 5.91 Å². The van der Waals surface area contributed by atoms with E-state index < -0.39 is 17.2 Å². The maximum Gasteiger partial charge on any atom is 0.318 e. The molecule has 1 saturated carbocycles. The molecule has 3 N–H and O–H groups in total. The number of nitrogens with one attached hydrogen (secondary N) is 1. The zero-order chi connectivity index (χ0) is 21.7. The first-order chi connectivity index (χ1) is 14.4. The highest BCUT2D eigenvalue weighted by atomic mass is 32.2. The summed E-state index contributed by atoms with van der Waals surface area (Å²) in [5.41, 5.74) is 6.10. The molecule has 3 rings (SSSR count). The van der Waals surface area contributed by atoms with E-state index in [0.29, 0.717) is 5.16 Å². The van der Waals surface area contributed by atoms with Gasteiger partial charge in [0.25, 0.3) is 0 Å². The molecule has 3 amide bonds. The molecule has 0 saturated heterocycles. The second-order valence-electron chi connectivity index (χ2n) is 7.83. The summed E-state index contributed by atoms with van der Waals surface area (Å²) in [6.45, 7) is 3.87. The normalized spacial score (nSPS) is 15.7. The number of methoxy groups -OCH3 is 1. The number of thioether (sulfide) groups is 1. The van der Waals surface area contributed by atoms with Crippen LogP contribution in [-0.2, 0) is 4.79 Å². The third-order valence-corrected chi connectivity index (χ3v) is 6.80. The van der Waals surface area contributed by atoms with Crippen LogP contribution >= 0.6 is 11.8 Å². The molecule has 9 heteroatoms. The van der Waals surface area contributed by atoms with Crippen LogP contribution in [0.2, 0.25) is 0 Å². The summed E-state index contributed by atoms with van der Waals surface area (Å²) in [6, 6.07) is 7.17. The molecule has 1 aliphatic rings. The Hall–Kier alpha value is -2.55. The Bertz CT molecular complexity index is 875. The van der Waals surface area contributed by atoms with Gasteiger partial charge in [0.15, 0.2) is 11.0 Å². The molecule has 8 nitrogen and oxygen atoms in total. The van der Waals surface area contributed by atoms with E-state index in [4.69, 9.17) is 10.5 Å². The summed E-state index contributed by atoms with van der Waals surface area (Å²) < 4.78 is 7.43. The Morgan fingerprint density at radius 1 is 1.17 bits per heavy atom. The van der Waals surface area contributed by atoms with Crippen LogP contribution in [0.25, 0.3) is 11.4 Å². The van der Waals surface area contributed by atoms with Crippen molar-refractivity contribution in [2.24, 2.45) is 11.7 Å². The van der Waals surface area contributed by atoms with Crippen molar-refractivity contribution < 1.29 is 14.3 Å². The first-order valence-corrected chi connectivity index (χ1v) is 11.1. The molecule has 1 atom stereocenters. The van der Waals surface area contributed by atoms with Crippen molar-refractivity contribution in [2.45, 2.75) is 62.4 Å². The van der Waals surface area contributed by atoms with Crippen LogP contribution in [0.3, 0.4) is 0 Å². The third kappa shape index (κ3) is 5.13. The Morgan fingerprint density at radius 2 is 1.83 bits per heavy atom. The van der Waals surface area contributed by atoms with Gasteiger partial charge >= 0.3 is 6.03 Å². The largest absolute Gasteiger partial charge is 0.497 e. The molecule has 1 aromatic carbocycles. The standard InChI is InChI=1S/C21H29N5O3S/c1-13(2)17(19(27)23-20(22)28)30-21-25-24-18(14-9-11-16(29-3)12-10-14)26(21)15-7-5-4-6-8-15/h9-13,15,17H,4-8H2,1-3H3,(H3,22,23,27,28). The second kappa shape index (κ2) is 9.97. The van der Waals surface area contributed by atoms with E-state index in [1.54, 1.807) is 7.11 Å². The lowest BCUT2D eigenvalue weighted by Crippen LogP contribution is -2.42. The van der Waals surface area contributed by atoms with Gasteiger partial charge in [0.1, 0.15) is 5.75 Å². The first-order valence-electron chi connectivity index (χ1n) is 10.3. The first kappa shape index (κ1) is 22.1. The van der Waals surface area contributed by atoms with Gasteiger partial charge in [-0.05, 0) is 43.0 Å². The summed E-state index contributed by atoms with van der Waals surface area (Å²) in [7, 11) is 1.64. The van der Waals surface area contributed by atoms with Crippen LogP contribution in [0.15, 0.2) is 29.4 Å². The minimum absolute atomic E-state index is 0.0182. The molecule has 2 aromatic rings. The quantitative estimate of drug-likeness (QED) is 0.645. The fourth-order valence-electron chi connectivity index (χ4n) is 3.76. The lowest BCUT2D eigenvalue weighted by atomic mass is 9.95. The third-order valence-electron chi connectivity index (χ3n) is 5.30. The predicted octanol–water partition coefficient (Wildman–Crippen LogP) is 3.77. The topological polar surface area (TPSA) is 112 Å². The Balaban J connectivity index is 1.97. The van der Waals surface area contributed by atoms with Gasteiger partial charge in [-0.25, -0.2) is 4.79 Å². The molecule has 1 unspecified atom stereocenters. The molecular weight excluding hydrogens is 402 g/mol. The van der Waals surface area contributed by atoms with Gasteiger partial charge in [-0.15, -0.1) is 10.2 Å². The predicted molar refractivity (Wildman–Crippen MR) is 116 cm³/mol. The fourth-order valence-corrected chi connectivity index (χ4v) is 4.86.